The highest BCUT2D eigenvalue weighted by molar-refractivity contribution is 5.96. The van der Waals surface area contributed by atoms with Gasteiger partial charge in [0.25, 0.3) is 0 Å². The van der Waals surface area contributed by atoms with Crippen LogP contribution in [0.5, 0.6) is 11.5 Å². The monoisotopic (exact) mass is 340 g/mol. The Bertz CT molecular complexity index is 629. The van der Waals surface area contributed by atoms with Gasteiger partial charge in [-0.25, -0.2) is 0 Å². The highest BCUT2D eigenvalue weighted by Gasteiger charge is 2.05. The van der Waals surface area contributed by atoms with Crippen molar-refractivity contribution in [1.82, 2.24) is 0 Å². The minimum Gasteiger partial charge on any atom is -0.508 e. The number of ketones is 1. The number of carbonyl (C=O) groups excluding carboxylic acids is 1. The van der Waals surface area contributed by atoms with E-state index in [4.69, 9.17) is 4.74 Å². The third-order valence-corrected chi connectivity index (χ3v) is 4.47. The van der Waals surface area contributed by atoms with Crippen molar-refractivity contribution in [3.05, 3.63) is 59.7 Å². The summed E-state index contributed by atoms with van der Waals surface area (Å²) in [5, 5.41) is 9.23. The molecule has 2 rings (SSSR count). The maximum atomic E-state index is 12.0. The van der Waals surface area contributed by atoms with Crippen molar-refractivity contribution in [3.8, 4) is 11.5 Å². The summed E-state index contributed by atoms with van der Waals surface area (Å²) >= 11 is 0. The lowest BCUT2D eigenvalue weighted by atomic mass is 10.0. The number of aryl methyl sites for hydroxylation is 1. The highest BCUT2D eigenvalue weighted by atomic mass is 16.5. The number of aromatic hydroxyl groups is 1. The molecule has 0 fully saturated rings. The maximum Gasteiger partial charge on any atom is 0.162 e. The highest BCUT2D eigenvalue weighted by Crippen LogP contribution is 2.16. The van der Waals surface area contributed by atoms with Gasteiger partial charge in [0.05, 0.1) is 7.11 Å². The number of unbranched alkanes of at least 4 members (excludes halogenated alkanes) is 5. The molecular formula is C22H28O3. The van der Waals surface area contributed by atoms with Gasteiger partial charge >= 0.3 is 0 Å². The zero-order valence-electron chi connectivity index (χ0n) is 15.0. The van der Waals surface area contributed by atoms with Crippen molar-refractivity contribution in [1.29, 1.82) is 0 Å². The fourth-order valence-corrected chi connectivity index (χ4v) is 2.91. The molecule has 1 N–H and O–H groups in total. The first-order valence-electron chi connectivity index (χ1n) is 9.14. The van der Waals surface area contributed by atoms with Crippen LogP contribution < -0.4 is 4.74 Å². The smallest absolute Gasteiger partial charge is 0.162 e. The van der Waals surface area contributed by atoms with Crippen LogP contribution in [-0.2, 0) is 6.42 Å². The zero-order chi connectivity index (χ0) is 17.9. The fourth-order valence-electron chi connectivity index (χ4n) is 2.91. The van der Waals surface area contributed by atoms with Gasteiger partial charge in [-0.3, -0.25) is 4.79 Å². The number of phenolic OH excluding ortho intramolecular Hbond substituents is 1. The van der Waals surface area contributed by atoms with Crippen LogP contribution in [0.3, 0.4) is 0 Å². The summed E-state index contributed by atoms with van der Waals surface area (Å²) in [5.74, 6) is 1.27. The first kappa shape index (κ1) is 19.0. The first-order valence-corrected chi connectivity index (χ1v) is 9.14. The summed E-state index contributed by atoms with van der Waals surface area (Å²) in [5.41, 5.74) is 2.05. The average molecular weight is 340 g/mol. The van der Waals surface area contributed by atoms with E-state index in [1.54, 1.807) is 31.4 Å². The van der Waals surface area contributed by atoms with Crippen LogP contribution in [0.1, 0.15) is 60.9 Å². The molecule has 0 amide bonds. The lowest BCUT2D eigenvalue weighted by Gasteiger charge is -2.04. The van der Waals surface area contributed by atoms with Gasteiger partial charge in [-0.05, 0) is 61.2 Å². The quantitative estimate of drug-likeness (QED) is 0.430. The van der Waals surface area contributed by atoms with Gasteiger partial charge in [0.15, 0.2) is 5.78 Å². The van der Waals surface area contributed by atoms with Crippen molar-refractivity contribution in [2.75, 3.05) is 7.11 Å². The summed E-state index contributed by atoms with van der Waals surface area (Å²) in [4.78, 5) is 12.0. The van der Waals surface area contributed by atoms with E-state index in [1.165, 1.54) is 31.2 Å². The molecule has 2 aromatic carbocycles. The Morgan fingerprint density at radius 1 is 0.840 bits per heavy atom. The summed E-state index contributed by atoms with van der Waals surface area (Å²) in [6.07, 6.45) is 8.61. The Balaban J connectivity index is 1.50. The molecule has 0 aliphatic carbocycles. The number of phenols is 1. The summed E-state index contributed by atoms with van der Waals surface area (Å²) in [7, 11) is 1.69. The van der Waals surface area contributed by atoms with Crippen molar-refractivity contribution in [2.24, 2.45) is 0 Å². The maximum absolute atomic E-state index is 12.0. The largest absolute Gasteiger partial charge is 0.508 e. The van der Waals surface area contributed by atoms with Crippen LogP contribution in [0.2, 0.25) is 0 Å². The average Bonchev–Trinajstić information content (AvgIpc) is 2.64. The second kappa shape index (κ2) is 10.5. The standard InChI is InChI=1S/C22H28O3/c1-25-21-16-10-18(11-17-21)8-6-4-2-3-5-7-9-22(24)19-12-14-20(23)15-13-19/h10-17,23H,2-9H2,1H3. The van der Waals surface area contributed by atoms with Crippen molar-refractivity contribution >= 4 is 5.78 Å². The van der Waals surface area contributed by atoms with E-state index >= 15 is 0 Å². The van der Waals surface area contributed by atoms with E-state index < -0.39 is 0 Å². The third-order valence-electron chi connectivity index (χ3n) is 4.47. The zero-order valence-corrected chi connectivity index (χ0v) is 15.0. The minimum atomic E-state index is 0.166. The van der Waals surface area contributed by atoms with Crippen LogP contribution in [0, 0.1) is 0 Å². The van der Waals surface area contributed by atoms with E-state index in [2.05, 4.69) is 12.1 Å². The molecule has 0 spiro atoms. The van der Waals surface area contributed by atoms with E-state index in [-0.39, 0.29) is 11.5 Å². The molecule has 3 heteroatoms. The van der Waals surface area contributed by atoms with E-state index in [9.17, 15) is 9.90 Å². The molecule has 0 bridgehead atoms. The van der Waals surface area contributed by atoms with E-state index in [1.807, 2.05) is 12.1 Å². The van der Waals surface area contributed by atoms with E-state index in [0.29, 0.717) is 12.0 Å². The van der Waals surface area contributed by atoms with Gasteiger partial charge in [0, 0.05) is 12.0 Å². The second-order valence-corrected chi connectivity index (χ2v) is 6.44. The summed E-state index contributed by atoms with van der Waals surface area (Å²) in [6.45, 7) is 0. The number of methoxy groups -OCH3 is 1. The van der Waals surface area contributed by atoms with Gasteiger partial charge in [0.2, 0.25) is 0 Å². The number of Topliss-reactive ketones (excluding diaryl/α,β-unsaturated/α-hetero) is 1. The van der Waals surface area contributed by atoms with Crippen LogP contribution in [0.4, 0.5) is 0 Å². The lowest BCUT2D eigenvalue weighted by molar-refractivity contribution is 0.0979. The molecule has 0 saturated carbocycles. The van der Waals surface area contributed by atoms with Crippen molar-refractivity contribution in [2.45, 2.75) is 51.4 Å². The third kappa shape index (κ3) is 7.00. The van der Waals surface area contributed by atoms with Crippen LogP contribution in [-0.4, -0.2) is 18.0 Å². The number of hydrogen-bond donors (Lipinski definition) is 1. The molecule has 0 aliphatic rings. The first-order chi connectivity index (χ1) is 12.2. The predicted octanol–water partition coefficient (Wildman–Crippen LogP) is 5.56. The lowest BCUT2D eigenvalue weighted by Crippen LogP contribution is -1.98. The number of ether oxygens (including phenoxy) is 1. The number of benzene rings is 2. The van der Waals surface area contributed by atoms with Gasteiger partial charge < -0.3 is 9.84 Å². The van der Waals surface area contributed by atoms with Crippen LogP contribution in [0.15, 0.2) is 48.5 Å². The summed E-state index contributed by atoms with van der Waals surface area (Å²) in [6, 6.07) is 14.8. The van der Waals surface area contributed by atoms with Gasteiger partial charge in [0.1, 0.15) is 11.5 Å². The minimum absolute atomic E-state index is 0.166. The normalized spacial score (nSPS) is 10.6. The molecular weight excluding hydrogens is 312 g/mol. The number of rotatable bonds is 11. The second-order valence-electron chi connectivity index (χ2n) is 6.44. The van der Waals surface area contributed by atoms with Gasteiger partial charge in [-0.2, -0.15) is 0 Å². The Labute approximate surface area is 150 Å². The predicted molar refractivity (Wildman–Crippen MR) is 101 cm³/mol. The molecule has 25 heavy (non-hydrogen) atoms. The molecule has 0 aliphatic heterocycles. The molecule has 0 unspecified atom stereocenters. The van der Waals surface area contributed by atoms with Gasteiger partial charge in [-0.15, -0.1) is 0 Å². The molecule has 3 nitrogen and oxygen atoms in total. The van der Waals surface area contributed by atoms with Crippen molar-refractivity contribution < 1.29 is 14.6 Å². The van der Waals surface area contributed by atoms with Crippen LogP contribution in [0.25, 0.3) is 0 Å². The Hall–Kier alpha value is -2.29. The Kier molecular flexibility index (Phi) is 8.03. The molecule has 0 saturated heterocycles. The molecule has 134 valence electrons. The summed E-state index contributed by atoms with van der Waals surface area (Å²) < 4.78 is 5.16. The SMILES string of the molecule is COc1ccc(CCCCCCCCC(=O)c2ccc(O)cc2)cc1. The van der Waals surface area contributed by atoms with Gasteiger partial charge in [-0.1, -0.05) is 37.8 Å². The molecule has 2 aromatic rings. The van der Waals surface area contributed by atoms with Crippen LogP contribution >= 0.6 is 0 Å². The molecule has 0 radical (unpaired) electrons. The number of carbonyl (C=O) groups is 1. The fraction of sp³-hybridized carbons (Fsp3) is 0.409. The van der Waals surface area contributed by atoms with E-state index in [0.717, 1.165) is 25.0 Å². The Morgan fingerprint density at radius 2 is 1.44 bits per heavy atom. The molecule has 0 aromatic heterocycles. The number of hydrogen-bond acceptors (Lipinski definition) is 3. The molecule has 0 atom stereocenters. The Morgan fingerprint density at radius 3 is 2.08 bits per heavy atom. The topological polar surface area (TPSA) is 46.5 Å². The molecule has 0 heterocycles. The van der Waals surface area contributed by atoms with Crippen molar-refractivity contribution in [3.63, 3.8) is 0 Å².